The van der Waals surface area contributed by atoms with Crippen molar-refractivity contribution in [1.82, 2.24) is 5.48 Å². The fraction of sp³-hybridized carbons (Fsp3) is 0.500. The SMILES string of the molecule is CNOC=O.[NaH]. The van der Waals surface area contributed by atoms with Crippen molar-refractivity contribution in [2.75, 3.05) is 7.05 Å². The fourth-order valence-electron chi connectivity index (χ4n) is 0.0481. The van der Waals surface area contributed by atoms with Crippen LogP contribution >= 0.6 is 0 Å². The standard InChI is InChI=1S/C2H5NO2.Na.H/c1-3-5-2-4;;/h2-3H,1H3;;. The van der Waals surface area contributed by atoms with Crippen molar-refractivity contribution in [1.29, 1.82) is 0 Å². The van der Waals surface area contributed by atoms with Gasteiger partial charge in [-0.15, -0.1) is 0 Å². The van der Waals surface area contributed by atoms with Crippen molar-refractivity contribution >= 4 is 36.0 Å². The molecule has 0 amide bonds. The molecule has 0 atom stereocenters. The first-order valence-electron chi connectivity index (χ1n) is 1.18. The first kappa shape index (κ1) is 9.66. The zero-order valence-electron chi connectivity index (χ0n) is 2.89. The Balaban J connectivity index is 0. The molecule has 0 aliphatic carbocycles. The predicted octanol–water partition coefficient (Wildman–Crippen LogP) is -1.35. The molecule has 0 rings (SSSR count). The number of hydroxylamine groups is 1. The normalized spacial score (nSPS) is 5.50. The van der Waals surface area contributed by atoms with Crippen LogP contribution < -0.4 is 5.48 Å². The van der Waals surface area contributed by atoms with Gasteiger partial charge >= 0.3 is 36.0 Å². The summed E-state index contributed by atoms with van der Waals surface area (Å²) < 4.78 is 0. The molecule has 0 spiro atoms. The van der Waals surface area contributed by atoms with E-state index in [1.54, 1.807) is 0 Å². The predicted molar refractivity (Wildman–Crippen MR) is 23.4 cm³/mol. The Morgan fingerprint density at radius 3 is 2.33 bits per heavy atom. The van der Waals surface area contributed by atoms with Gasteiger partial charge in [-0.2, -0.15) is 5.48 Å². The van der Waals surface area contributed by atoms with Gasteiger partial charge in [-0.3, -0.25) is 4.79 Å². The number of nitrogens with one attached hydrogen (secondary N) is 1. The fourth-order valence-corrected chi connectivity index (χ4v) is 0.0481. The topological polar surface area (TPSA) is 38.3 Å². The van der Waals surface area contributed by atoms with E-state index in [9.17, 15) is 0 Å². The van der Waals surface area contributed by atoms with E-state index in [-0.39, 0.29) is 29.6 Å². The third-order valence-corrected chi connectivity index (χ3v) is 0.166. The summed E-state index contributed by atoms with van der Waals surface area (Å²) in [6, 6.07) is 0. The Bertz CT molecular complexity index is 32.7. The van der Waals surface area contributed by atoms with Crippen molar-refractivity contribution < 1.29 is 9.63 Å². The second-order valence-corrected chi connectivity index (χ2v) is 0.418. The molecule has 0 heterocycles. The Labute approximate surface area is 58.3 Å². The van der Waals surface area contributed by atoms with E-state index in [1.165, 1.54) is 7.05 Å². The maximum absolute atomic E-state index is 9.12. The van der Waals surface area contributed by atoms with Gasteiger partial charge in [0.15, 0.2) is 0 Å². The van der Waals surface area contributed by atoms with Gasteiger partial charge in [-0.1, -0.05) is 0 Å². The van der Waals surface area contributed by atoms with Crippen LogP contribution in [0.25, 0.3) is 0 Å². The Morgan fingerprint density at radius 2 is 2.33 bits per heavy atom. The Kier molecular flexibility index (Phi) is 14.6. The number of rotatable bonds is 2. The summed E-state index contributed by atoms with van der Waals surface area (Å²) in [4.78, 5) is 13.0. The average Bonchev–Trinajstić information content (AvgIpc) is 1.41. The molecule has 0 radical (unpaired) electrons. The molecule has 0 aromatic heterocycles. The zero-order chi connectivity index (χ0) is 4.12. The second kappa shape index (κ2) is 9.06. The first-order valence-corrected chi connectivity index (χ1v) is 1.18. The molecule has 6 heavy (non-hydrogen) atoms. The maximum atomic E-state index is 9.12. The molecular weight excluding hydrogens is 93.0 g/mol. The van der Waals surface area contributed by atoms with Crippen LogP contribution in [0.4, 0.5) is 0 Å². The molecule has 0 aromatic carbocycles. The summed E-state index contributed by atoms with van der Waals surface area (Å²) in [7, 11) is 1.51. The molecule has 0 fully saturated rings. The average molecular weight is 99.1 g/mol. The van der Waals surface area contributed by atoms with Gasteiger partial charge in [0.1, 0.15) is 0 Å². The summed E-state index contributed by atoms with van der Waals surface area (Å²) in [5.41, 5.74) is 2.15. The van der Waals surface area contributed by atoms with E-state index in [4.69, 9.17) is 4.79 Å². The van der Waals surface area contributed by atoms with Crippen LogP contribution in [-0.2, 0) is 9.63 Å². The summed E-state index contributed by atoms with van der Waals surface area (Å²) in [6.07, 6.45) is 0. The van der Waals surface area contributed by atoms with Gasteiger partial charge in [0.2, 0.25) is 0 Å². The number of carbonyl (C=O) groups excluding carboxylic acids is 1. The van der Waals surface area contributed by atoms with E-state index in [0.717, 1.165) is 0 Å². The van der Waals surface area contributed by atoms with Crippen LogP contribution in [0.3, 0.4) is 0 Å². The molecule has 0 aliphatic heterocycles. The van der Waals surface area contributed by atoms with E-state index in [1.807, 2.05) is 0 Å². The minimum atomic E-state index is 0. The van der Waals surface area contributed by atoms with E-state index in [0.29, 0.717) is 6.47 Å². The molecule has 32 valence electrons. The summed E-state index contributed by atoms with van der Waals surface area (Å²) in [5, 5.41) is 0. The van der Waals surface area contributed by atoms with Crippen LogP contribution in [0.15, 0.2) is 0 Å². The number of hydrogen-bond acceptors (Lipinski definition) is 3. The molecule has 3 nitrogen and oxygen atoms in total. The molecule has 0 saturated heterocycles. The Hall–Kier alpha value is 0.430. The molecule has 1 N–H and O–H groups in total. The van der Waals surface area contributed by atoms with Gasteiger partial charge in [-0.05, 0) is 0 Å². The number of carbonyl (C=O) groups is 1. The molecular formula is C2H6NNaO2. The van der Waals surface area contributed by atoms with Crippen molar-refractivity contribution in [3.05, 3.63) is 0 Å². The van der Waals surface area contributed by atoms with Gasteiger partial charge in [0.05, 0.1) is 0 Å². The zero-order valence-corrected chi connectivity index (χ0v) is 2.89. The summed E-state index contributed by atoms with van der Waals surface area (Å²) in [6.45, 7) is 0.319. The monoisotopic (exact) mass is 99.0 g/mol. The van der Waals surface area contributed by atoms with E-state index >= 15 is 0 Å². The van der Waals surface area contributed by atoms with Gasteiger partial charge < -0.3 is 4.84 Å². The van der Waals surface area contributed by atoms with Crippen LogP contribution in [0.1, 0.15) is 0 Å². The quantitative estimate of drug-likeness (QED) is 0.264. The molecule has 0 unspecified atom stereocenters. The summed E-state index contributed by atoms with van der Waals surface area (Å²) in [5.74, 6) is 0. The van der Waals surface area contributed by atoms with Gasteiger partial charge in [-0.25, -0.2) is 0 Å². The first-order chi connectivity index (χ1) is 2.41. The Morgan fingerprint density at radius 1 is 1.83 bits per heavy atom. The molecule has 0 aromatic rings. The van der Waals surface area contributed by atoms with Crippen molar-refractivity contribution in [2.24, 2.45) is 0 Å². The molecule has 0 bridgehead atoms. The van der Waals surface area contributed by atoms with E-state index in [2.05, 4.69) is 10.3 Å². The van der Waals surface area contributed by atoms with Gasteiger partial charge in [0.25, 0.3) is 0 Å². The van der Waals surface area contributed by atoms with Gasteiger partial charge in [0, 0.05) is 7.05 Å². The van der Waals surface area contributed by atoms with Crippen LogP contribution in [-0.4, -0.2) is 43.1 Å². The van der Waals surface area contributed by atoms with E-state index < -0.39 is 0 Å². The van der Waals surface area contributed by atoms with Crippen molar-refractivity contribution in [2.45, 2.75) is 0 Å². The van der Waals surface area contributed by atoms with Crippen LogP contribution in [0.5, 0.6) is 0 Å². The molecule has 0 aliphatic rings. The minimum absolute atomic E-state index is 0. The van der Waals surface area contributed by atoms with Crippen LogP contribution in [0.2, 0.25) is 0 Å². The van der Waals surface area contributed by atoms with Crippen molar-refractivity contribution in [3.8, 4) is 0 Å². The number of hydrogen-bond donors (Lipinski definition) is 1. The third kappa shape index (κ3) is 8.83. The molecule has 4 heteroatoms. The van der Waals surface area contributed by atoms with Crippen molar-refractivity contribution in [3.63, 3.8) is 0 Å². The molecule has 0 saturated carbocycles. The van der Waals surface area contributed by atoms with Crippen LogP contribution in [0, 0.1) is 0 Å². The third-order valence-electron chi connectivity index (χ3n) is 0.166. The summed E-state index contributed by atoms with van der Waals surface area (Å²) >= 11 is 0. The second-order valence-electron chi connectivity index (χ2n) is 0.418.